The van der Waals surface area contributed by atoms with Crippen molar-refractivity contribution in [1.29, 1.82) is 0 Å². The van der Waals surface area contributed by atoms with Crippen molar-refractivity contribution in [1.82, 2.24) is 14.5 Å². The van der Waals surface area contributed by atoms with Gasteiger partial charge >= 0.3 is 0 Å². The highest BCUT2D eigenvalue weighted by Crippen LogP contribution is 2.31. The third-order valence-corrected chi connectivity index (χ3v) is 4.79. The summed E-state index contributed by atoms with van der Waals surface area (Å²) in [5.74, 6) is 4.72. The maximum Gasteiger partial charge on any atom is 0.274 e. The minimum Gasteiger partial charge on any atom is -0.504 e. The van der Waals surface area contributed by atoms with Crippen LogP contribution in [0.25, 0.3) is 10.9 Å². The van der Waals surface area contributed by atoms with Crippen molar-refractivity contribution < 1.29 is 14.3 Å². The fourth-order valence-electron chi connectivity index (χ4n) is 3.58. The number of rotatable bonds is 2. The van der Waals surface area contributed by atoms with E-state index in [-0.39, 0.29) is 34.7 Å². The lowest BCUT2D eigenvalue weighted by Gasteiger charge is -2.35. The van der Waals surface area contributed by atoms with Crippen LogP contribution in [-0.4, -0.2) is 32.0 Å². The first-order chi connectivity index (χ1) is 13.0. The number of halogens is 1. The molecule has 3 heterocycles. The van der Waals surface area contributed by atoms with Crippen LogP contribution in [0.5, 0.6) is 5.75 Å². The van der Waals surface area contributed by atoms with Crippen LogP contribution in [0.3, 0.4) is 0 Å². The van der Waals surface area contributed by atoms with Crippen LogP contribution >= 0.6 is 0 Å². The molecule has 0 aliphatic carbocycles. The number of aromatic hydroxyl groups is 1. The zero-order chi connectivity index (χ0) is 19.1. The van der Waals surface area contributed by atoms with Gasteiger partial charge < -0.3 is 20.4 Å². The largest absolute Gasteiger partial charge is 0.504 e. The van der Waals surface area contributed by atoms with E-state index < -0.39 is 0 Å². The van der Waals surface area contributed by atoms with Gasteiger partial charge in [0.15, 0.2) is 16.9 Å². The monoisotopic (exact) mass is 367 g/mol. The van der Waals surface area contributed by atoms with Gasteiger partial charge in [0, 0.05) is 24.7 Å². The lowest BCUT2D eigenvalue weighted by atomic mass is 10.1. The van der Waals surface area contributed by atoms with Crippen LogP contribution in [0.15, 0.2) is 47.7 Å². The van der Waals surface area contributed by atoms with Crippen LogP contribution in [0.2, 0.25) is 0 Å². The first kappa shape index (κ1) is 17.0. The Bertz CT molecular complexity index is 1110. The molecule has 1 aromatic carbocycles. The number of carbonyl (C=O) groups excluding carboxylic acids is 1. The Kier molecular flexibility index (Phi) is 4.02. The number of benzene rings is 1. The van der Waals surface area contributed by atoms with Gasteiger partial charge in [-0.25, -0.2) is 4.39 Å². The van der Waals surface area contributed by atoms with Crippen molar-refractivity contribution in [3.63, 3.8) is 0 Å². The number of amides is 1. The molecule has 1 aliphatic rings. The van der Waals surface area contributed by atoms with Gasteiger partial charge in [0.25, 0.3) is 5.91 Å². The standard InChI is InChI=1S/C19H18FN5O2/c1-11-9-24(10-12-4-6-13(20)7-5-12)19(27)16-17(26)15-14(3-2-8-22-15)18(23-21)25(11)16/h2-8,11,26H,9-10,21H2,1H3/b23-18+. The van der Waals surface area contributed by atoms with Crippen molar-refractivity contribution in [3.05, 3.63) is 65.2 Å². The van der Waals surface area contributed by atoms with Gasteiger partial charge in [0.05, 0.1) is 6.04 Å². The molecule has 2 aromatic heterocycles. The zero-order valence-electron chi connectivity index (χ0n) is 14.6. The predicted molar refractivity (Wildman–Crippen MR) is 97.0 cm³/mol. The fraction of sp³-hybridized carbons (Fsp3) is 0.211. The van der Waals surface area contributed by atoms with Crippen LogP contribution in [0, 0.1) is 5.82 Å². The van der Waals surface area contributed by atoms with E-state index in [1.54, 1.807) is 33.7 Å². The summed E-state index contributed by atoms with van der Waals surface area (Å²) in [5.41, 5.74) is 1.57. The van der Waals surface area contributed by atoms with E-state index in [0.717, 1.165) is 5.56 Å². The SMILES string of the molecule is CC1CN(Cc2ccc(F)cc2)C(=O)c2c(O)c3ncccc3/c(=N\N)n21. The van der Waals surface area contributed by atoms with E-state index in [4.69, 9.17) is 5.84 Å². The molecule has 7 nitrogen and oxygen atoms in total. The normalized spacial score (nSPS) is 17.4. The smallest absolute Gasteiger partial charge is 0.274 e. The Morgan fingerprint density at radius 3 is 2.78 bits per heavy atom. The number of hydrogen-bond donors (Lipinski definition) is 2. The van der Waals surface area contributed by atoms with Crippen LogP contribution in [-0.2, 0) is 6.54 Å². The summed E-state index contributed by atoms with van der Waals surface area (Å²) >= 11 is 0. The molecule has 1 atom stereocenters. The molecule has 0 bridgehead atoms. The highest BCUT2D eigenvalue weighted by atomic mass is 19.1. The summed E-state index contributed by atoms with van der Waals surface area (Å²) < 4.78 is 14.8. The maximum atomic E-state index is 13.1. The molecule has 1 unspecified atom stereocenters. The third-order valence-electron chi connectivity index (χ3n) is 4.79. The number of nitrogens with two attached hydrogens (primary N) is 1. The van der Waals surface area contributed by atoms with Crippen molar-refractivity contribution in [2.45, 2.75) is 19.5 Å². The van der Waals surface area contributed by atoms with E-state index in [0.29, 0.717) is 24.0 Å². The minimum atomic E-state index is -0.354. The summed E-state index contributed by atoms with van der Waals surface area (Å²) in [6.45, 7) is 2.63. The molecule has 27 heavy (non-hydrogen) atoms. The second-order valence-corrected chi connectivity index (χ2v) is 6.58. The number of fused-ring (bicyclic) bond motifs is 2. The Morgan fingerprint density at radius 2 is 2.07 bits per heavy atom. The Morgan fingerprint density at radius 1 is 1.33 bits per heavy atom. The van der Waals surface area contributed by atoms with E-state index in [9.17, 15) is 14.3 Å². The first-order valence-electron chi connectivity index (χ1n) is 8.51. The van der Waals surface area contributed by atoms with Crippen molar-refractivity contribution >= 4 is 16.8 Å². The summed E-state index contributed by atoms with van der Waals surface area (Å²) in [6, 6.07) is 9.29. The molecule has 0 saturated heterocycles. The summed E-state index contributed by atoms with van der Waals surface area (Å²) in [6.07, 6.45) is 1.53. The number of hydrogen-bond acceptors (Lipinski definition) is 5. The van der Waals surface area contributed by atoms with Gasteiger partial charge in [-0.1, -0.05) is 12.1 Å². The molecule has 8 heteroatoms. The highest BCUT2D eigenvalue weighted by molar-refractivity contribution is 6.01. The molecule has 0 radical (unpaired) electrons. The van der Waals surface area contributed by atoms with Gasteiger partial charge in [0.2, 0.25) is 0 Å². The topological polar surface area (TPSA) is 96.7 Å². The molecule has 4 rings (SSSR count). The third kappa shape index (κ3) is 2.69. The number of pyridine rings is 2. The molecule has 0 fully saturated rings. The minimum absolute atomic E-state index is 0.103. The fourth-order valence-corrected chi connectivity index (χ4v) is 3.58. The van der Waals surface area contributed by atoms with Gasteiger partial charge in [0.1, 0.15) is 11.3 Å². The molecular weight excluding hydrogens is 349 g/mol. The molecule has 0 spiro atoms. The number of aromatic nitrogens is 2. The lowest BCUT2D eigenvalue weighted by molar-refractivity contribution is 0.0650. The second-order valence-electron chi connectivity index (χ2n) is 6.58. The van der Waals surface area contributed by atoms with Crippen molar-refractivity contribution in [3.8, 4) is 5.75 Å². The average molecular weight is 367 g/mol. The quantitative estimate of drug-likeness (QED) is 0.534. The van der Waals surface area contributed by atoms with E-state index in [1.807, 2.05) is 6.92 Å². The van der Waals surface area contributed by atoms with Crippen molar-refractivity contribution in [2.24, 2.45) is 10.9 Å². The number of carbonyl (C=O) groups is 1. The highest BCUT2D eigenvalue weighted by Gasteiger charge is 2.33. The molecule has 1 amide bonds. The molecule has 0 saturated carbocycles. The summed E-state index contributed by atoms with van der Waals surface area (Å²) in [4.78, 5) is 18.9. The maximum absolute atomic E-state index is 13.1. The summed E-state index contributed by atoms with van der Waals surface area (Å²) in [7, 11) is 0. The van der Waals surface area contributed by atoms with Crippen LogP contribution < -0.4 is 11.3 Å². The van der Waals surface area contributed by atoms with Gasteiger partial charge in [-0.3, -0.25) is 9.78 Å². The Labute approximate surface area is 154 Å². The van der Waals surface area contributed by atoms with E-state index >= 15 is 0 Å². The van der Waals surface area contributed by atoms with Gasteiger partial charge in [-0.2, -0.15) is 5.10 Å². The van der Waals surface area contributed by atoms with Crippen LogP contribution in [0.1, 0.15) is 29.0 Å². The number of nitrogens with zero attached hydrogens (tertiary/aromatic N) is 4. The zero-order valence-corrected chi connectivity index (χ0v) is 14.6. The molecular formula is C19H18FN5O2. The Hall–Kier alpha value is -3.42. The van der Waals surface area contributed by atoms with E-state index in [1.165, 1.54) is 18.3 Å². The van der Waals surface area contributed by atoms with Gasteiger partial charge in [-0.05, 0) is 36.8 Å². The van der Waals surface area contributed by atoms with Crippen LogP contribution in [0.4, 0.5) is 4.39 Å². The van der Waals surface area contributed by atoms with E-state index in [2.05, 4.69) is 10.1 Å². The lowest BCUT2D eigenvalue weighted by Crippen LogP contribution is -2.46. The first-order valence-corrected chi connectivity index (χ1v) is 8.51. The molecule has 3 aromatic rings. The molecule has 1 aliphatic heterocycles. The second kappa shape index (κ2) is 6.39. The molecule has 138 valence electrons. The summed E-state index contributed by atoms with van der Waals surface area (Å²) in [5, 5.41) is 15.2. The Balaban J connectivity index is 1.86. The molecule has 3 N–H and O–H groups in total. The van der Waals surface area contributed by atoms with Gasteiger partial charge in [-0.15, -0.1) is 0 Å². The van der Waals surface area contributed by atoms with Crippen molar-refractivity contribution in [2.75, 3.05) is 6.54 Å². The predicted octanol–water partition coefficient (Wildman–Crippen LogP) is 1.87. The average Bonchev–Trinajstić information content (AvgIpc) is 2.67.